The molecular weight excluding hydrogens is 264 g/mol. The molecule has 106 valence electrons. The number of hydrogen-bond donors (Lipinski definition) is 2. The molecule has 0 aliphatic carbocycles. The zero-order valence-corrected chi connectivity index (χ0v) is 11.6. The monoisotopic (exact) mass is 280 g/mol. The summed E-state index contributed by atoms with van der Waals surface area (Å²) >= 11 is 0. The van der Waals surface area contributed by atoms with Crippen LogP contribution in [0.4, 0.5) is 5.95 Å². The van der Waals surface area contributed by atoms with Crippen molar-refractivity contribution in [2.75, 3.05) is 31.1 Å². The van der Waals surface area contributed by atoms with E-state index in [-0.39, 0.29) is 0 Å². The van der Waals surface area contributed by atoms with E-state index in [0.29, 0.717) is 5.82 Å². The van der Waals surface area contributed by atoms with Gasteiger partial charge in [0, 0.05) is 31.6 Å². The molecule has 0 amide bonds. The molecule has 1 fully saturated rings. The molecule has 0 spiro atoms. The van der Waals surface area contributed by atoms with Crippen LogP contribution in [0.15, 0.2) is 36.4 Å². The summed E-state index contributed by atoms with van der Waals surface area (Å²) in [5, 5.41) is 11.8. The molecule has 1 saturated heterocycles. The molecule has 1 aliphatic heterocycles. The molecule has 0 unspecified atom stereocenters. The van der Waals surface area contributed by atoms with Crippen LogP contribution in [-0.4, -0.2) is 46.3 Å². The van der Waals surface area contributed by atoms with E-state index in [1.165, 1.54) is 0 Å². The smallest absolute Gasteiger partial charge is 0.245 e. The number of nitrogens with one attached hydrogen (secondary N) is 2. The zero-order chi connectivity index (χ0) is 14.1. The van der Waals surface area contributed by atoms with Crippen molar-refractivity contribution in [2.45, 2.75) is 0 Å². The third-order valence-electron chi connectivity index (χ3n) is 3.71. The lowest BCUT2D eigenvalue weighted by molar-refractivity contribution is 0.580. The van der Waals surface area contributed by atoms with E-state index in [4.69, 9.17) is 0 Å². The highest BCUT2D eigenvalue weighted by atomic mass is 15.4. The summed E-state index contributed by atoms with van der Waals surface area (Å²) in [6, 6.07) is 12.1. The Hall–Kier alpha value is -2.47. The van der Waals surface area contributed by atoms with Gasteiger partial charge < -0.3 is 10.2 Å². The SMILES string of the molecule is c1ccc2nc(-c3nc(N4CCNCC4)n[nH]3)ccc2c1. The highest BCUT2D eigenvalue weighted by molar-refractivity contribution is 5.80. The summed E-state index contributed by atoms with van der Waals surface area (Å²) in [5.41, 5.74) is 1.79. The number of fused-ring (bicyclic) bond motifs is 1. The number of pyridine rings is 1. The molecule has 0 radical (unpaired) electrons. The fourth-order valence-corrected chi connectivity index (χ4v) is 2.57. The van der Waals surface area contributed by atoms with Gasteiger partial charge in [0.2, 0.25) is 5.95 Å². The van der Waals surface area contributed by atoms with Crippen LogP contribution in [0.3, 0.4) is 0 Å². The number of aromatic amines is 1. The summed E-state index contributed by atoms with van der Waals surface area (Å²) in [4.78, 5) is 11.4. The summed E-state index contributed by atoms with van der Waals surface area (Å²) in [5.74, 6) is 1.47. The van der Waals surface area contributed by atoms with E-state index >= 15 is 0 Å². The van der Waals surface area contributed by atoms with Crippen LogP contribution in [0, 0.1) is 0 Å². The second-order valence-electron chi connectivity index (χ2n) is 5.11. The average molecular weight is 280 g/mol. The van der Waals surface area contributed by atoms with Gasteiger partial charge in [0.25, 0.3) is 0 Å². The van der Waals surface area contributed by atoms with Gasteiger partial charge in [0.05, 0.1) is 5.52 Å². The van der Waals surface area contributed by atoms with Gasteiger partial charge >= 0.3 is 0 Å². The molecule has 3 heterocycles. The van der Waals surface area contributed by atoms with Crippen molar-refractivity contribution in [1.29, 1.82) is 0 Å². The summed E-state index contributed by atoms with van der Waals surface area (Å²) in [6.45, 7) is 3.81. The molecule has 6 nitrogen and oxygen atoms in total. The molecular formula is C15H16N6. The van der Waals surface area contributed by atoms with Crippen LogP contribution < -0.4 is 10.2 Å². The number of nitrogens with zero attached hydrogens (tertiary/aromatic N) is 4. The second-order valence-corrected chi connectivity index (χ2v) is 5.11. The van der Waals surface area contributed by atoms with Crippen LogP contribution in [0.5, 0.6) is 0 Å². The second kappa shape index (κ2) is 5.14. The molecule has 2 N–H and O–H groups in total. The molecule has 0 saturated carbocycles. The maximum absolute atomic E-state index is 4.64. The van der Waals surface area contributed by atoms with Gasteiger partial charge in [-0.25, -0.2) is 4.98 Å². The number of hydrogen-bond acceptors (Lipinski definition) is 5. The molecule has 1 aliphatic rings. The van der Waals surface area contributed by atoms with Crippen molar-refractivity contribution >= 4 is 16.9 Å². The topological polar surface area (TPSA) is 69.7 Å². The summed E-state index contributed by atoms with van der Waals surface area (Å²) in [7, 11) is 0. The first-order valence-corrected chi connectivity index (χ1v) is 7.14. The van der Waals surface area contributed by atoms with Crippen molar-refractivity contribution in [2.24, 2.45) is 0 Å². The Morgan fingerprint density at radius 1 is 0.952 bits per heavy atom. The first-order valence-electron chi connectivity index (χ1n) is 7.14. The predicted molar refractivity (Wildman–Crippen MR) is 82.2 cm³/mol. The molecule has 3 aromatic rings. The van der Waals surface area contributed by atoms with Gasteiger partial charge in [-0.3, -0.25) is 5.10 Å². The van der Waals surface area contributed by atoms with Crippen LogP contribution in [0.25, 0.3) is 22.4 Å². The molecule has 4 rings (SSSR count). The lowest BCUT2D eigenvalue weighted by Crippen LogP contribution is -2.44. The van der Waals surface area contributed by atoms with E-state index in [9.17, 15) is 0 Å². The summed E-state index contributed by atoms with van der Waals surface area (Å²) in [6.07, 6.45) is 0. The van der Waals surface area contributed by atoms with Crippen molar-refractivity contribution in [3.05, 3.63) is 36.4 Å². The van der Waals surface area contributed by atoms with Crippen LogP contribution in [0.1, 0.15) is 0 Å². The van der Waals surface area contributed by atoms with Gasteiger partial charge in [0.15, 0.2) is 5.82 Å². The Morgan fingerprint density at radius 2 is 1.81 bits per heavy atom. The minimum Gasteiger partial charge on any atom is -0.337 e. The van der Waals surface area contributed by atoms with Crippen LogP contribution >= 0.6 is 0 Å². The summed E-state index contributed by atoms with van der Waals surface area (Å²) < 4.78 is 0. The van der Waals surface area contributed by atoms with E-state index in [1.807, 2.05) is 24.3 Å². The van der Waals surface area contributed by atoms with E-state index in [0.717, 1.165) is 48.7 Å². The Bertz CT molecular complexity index is 759. The number of H-pyrrole nitrogens is 1. The third-order valence-corrected chi connectivity index (χ3v) is 3.71. The number of anilines is 1. The fourth-order valence-electron chi connectivity index (χ4n) is 2.57. The molecule has 21 heavy (non-hydrogen) atoms. The first-order chi connectivity index (χ1) is 10.4. The lowest BCUT2D eigenvalue weighted by atomic mass is 10.2. The van der Waals surface area contributed by atoms with Crippen molar-refractivity contribution in [3.63, 3.8) is 0 Å². The first kappa shape index (κ1) is 12.3. The number of rotatable bonds is 2. The Morgan fingerprint density at radius 3 is 2.71 bits per heavy atom. The van der Waals surface area contributed by atoms with Gasteiger partial charge in [-0.2, -0.15) is 4.98 Å². The van der Waals surface area contributed by atoms with Crippen molar-refractivity contribution in [3.8, 4) is 11.5 Å². The number of piperazine rings is 1. The molecule has 0 atom stereocenters. The van der Waals surface area contributed by atoms with Crippen molar-refractivity contribution < 1.29 is 0 Å². The zero-order valence-electron chi connectivity index (χ0n) is 11.6. The lowest BCUT2D eigenvalue weighted by Gasteiger charge is -2.25. The van der Waals surface area contributed by atoms with Crippen LogP contribution in [-0.2, 0) is 0 Å². The Balaban J connectivity index is 1.67. The van der Waals surface area contributed by atoms with Gasteiger partial charge in [-0.1, -0.05) is 24.3 Å². The molecule has 2 aromatic heterocycles. The normalized spacial score (nSPS) is 15.5. The Labute approximate surface area is 122 Å². The standard InChI is InChI=1S/C15H16N6/c1-2-4-12-11(3-1)5-6-13(17-12)14-18-15(20-19-14)21-9-7-16-8-10-21/h1-6,16H,7-10H2,(H,18,19,20). The molecule has 0 bridgehead atoms. The fraction of sp³-hybridized carbons (Fsp3) is 0.267. The average Bonchev–Trinajstić information content (AvgIpc) is 3.05. The number of benzene rings is 1. The maximum Gasteiger partial charge on any atom is 0.245 e. The minimum absolute atomic E-state index is 0.717. The quantitative estimate of drug-likeness (QED) is 0.743. The van der Waals surface area contributed by atoms with E-state index in [2.05, 4.69) is 42.5 Å². The highest BCUT2D eigenvalue weighted by Gasteiger charge is 2.16. The number of para-hydroxylation sites is 1. The Kier molecular flexibility index (Phi) is 3.01. The van der Waals surface area contributed by atoms with E-state index < -0.39 is 0 Å². The maximum atomic E-state index is 4.64. The van der Waals surface area contributed by atoms with Crippen LogP contribution in [0.2, 0.25) is 0 Å². The third kappa shape index (κ3) is 2.34. The van der Waals surface area contributed by atoms with Gasteiger partial charge in [0.1, 0.15) is 5.69 Å². The van der Waals surface area contributed by atoms with Gasteiger partial charge in [-0.05, 0) is 12.1 Å². The van der Waals surface area contributed by atoms with E-state index in [1.54, 1.807) is 0 Å². The minimum atomic E-state index is 0.717. The highest BCUT2D eigenvalue weighted by Crippen LogP contribution is 2.19. The molecule has 1 aromatic carbocycles. The molecule has 6 heteroatoms. The number of aromatic nitrogens is 4. The largest absolute Gasteiger partial charge is 0.337 e. The van der Waals surface area contributed by atoms with Crippen molar-refractivity contribution in [1.82, 2.24) is 25.5 Å². The van der Waals surface area contributed by atoms with Gasteiger partial charge in [-0.15, -0.1) is 5.10 Å². The predicted octanol–water partition coefficient (Wildman–Crippen LogP) is 1.43.